The SMILES string of the molecule is O=C(O)C1CC2CCC1N2C(=O)Nc1c(F)cccc1F. The molecule has 2 saturated heterocycles. The summed E-state index contributed by atoms with van der Waals surface area (Å²) in [6.07, 6.45) is 1.73. The van der Waals surface area contributed by atoms with Gasteiger partial charge in [0.15, 0.2) is 0 Å². The molecule has 1 aromatic rings. The van der Waals surface area contributed by atoms with Crippen LogP contribution in [0.2, 0.25) is 0 Å². The van der Waals surface area contributed by atoms with Crippen molar-refractivity contribution in [2.75, 3.05) is 5.32 Å². The van der Waals surface area contributed by atoms with Gasteiger partial charge in [-0.3, -0.25) is 4.79 Å². The van der Waals surface area contributed by atoms with Crippen LogP contribution in [0.1, 0.15) is 19.3 Å². The topological polar surface area (TPSA) is 69.6 Å². The Balaban J connectivity index is 1.79. The van der Waals surface area contributed by atoms with Crippen molar-refractivity contribution in [3.8, 4) is 0 Å². The summed E-state index contributed by atoms with van der Waals surface area (Å²) < 4.78 is 27.1. The second-order valence-electron chi connectivity index (χ2n) is 5.41. The highest BCUT2D eigenvalue weighted by Crippen LogP contribution is 2.42. The van der Waals surface area contributed by atoms with Crippen LogP contribution >= 0.6 is 0 Å². The molecule has 5 nitrogen and oxygen atoms in total. The first-order chi connectivity index (χ1) is 9.99. The number of carboxylic acid groups (broad SMARTS) is 1. The quantitative estimate of drug-likeness (QED) is 0.880. The number of carbonyl (C=O) groups excluding carboxylic acids is 1. The molecule has 2 heterocycles. The van der Waals surface area contributed by atoms with Crippen LogP contribution < -0.4 is 5.32 Å². The minimum absolute atomic E-state index is 0.175. The third-order valence-electron chi connectivity index (χ3n) is 4.28. The number of hydrogen-bond acceptors (Lipinski definition) is 2. The number of halogens is 2. The standard InChI is InChI=1S/C14H14F2N2O3/c15-9-2-1-3-10(16)12(9)17-14(21)18-7-4-5-11(18)8(6-7)13(19)20/h1-3,7-8,11H,4-6H2,(H,17,21)(H,19,20). The lowest BCUT2D eigenvalue weighted by Crippen LogP contribution is -2.40. The van der Waals surface area contributed by atoms with E-state index in [-0.39, 0.29) is 6.04 Å². The maximum absolute atomic E-state index is 13.5. The van der Waals surface area contributed by atoms with Crippen LogP contribution in [0, 0.1) is 17.6 Å². The van der Waals surface area contributed by atoms with Crippen molar-refractivity contribution in [1.29, 1.82) is 0 Å². The zero-order valence-corrected chi connectivity index (χ0v) is 11.1. The number of rotatable bonds is 2. The number of para-hydroxylation sites is 1. The van der Waals surface area contributed by atoms with E-state index in [4.69, 9.17) is 5.11 Å². The molecule has 3 unspecified atom stereocenters. The van der Waals surface area contributed by atoms with Gasteiger partial charge in [0.1, 0.15) is 17.3 Å². The molecule has 1 aromatic carbocycles. The molecule has 0 aliphatic carbocycles. The van der Waals surface area contributed by atoms with E-state index < -0.39 is 41.3 Å². The van der Waals surface area contributed by atoms with Crippen LogP contribution in [0.3, 0.4) is 0 Å². The van der Waals surface area contributed by atoms with Crippen molar-refractivity contribution in [3.05, 3.63) is 29.8 Å². The molecule has 0 radical (unpaired) electrons. The van der Waals surface area contributed by atoms with Crippen molar-refractivity contribution in [2.24, 2.45) is 5.92 Å². The van der Waals surface area contributed by atoms with Gasteiger partial charge >= 0.3 is 12.0 Å². The van der Waals surface area contributed by atoms with Crippen LogP contribution in [0.5, 0.6) is 0 Å². The summed E-state index contributed by atoms with van der Waals surface area (Å²) in [6, 6.07) is 2.10. The number of fused-ring (bicyclic) bond motifs is 2. The average molecular weight is 296 g/mol. The second kappa shape index (κ2) is 4.98. The predicted molar refractivity (Wildman–Crippen MR) is 69.8 cm³/mol. The highest BCUT2D eigenvalue weighted by molar-refractivity contribution is 5.91. The minimum Gasteiger partial charge on any atom is -0.481 e. The van der Waals surface area contributed by atoms with Gasteiger partial charge in [-0.05, 0) is 31.4 Å². The molecule has 2 bridgehead atoms. The highest BCUT2D eigenvalue weighted by atomic mass is 19.1. The van der Waals surface area contributed by atoms with Crippen molar-refractivity contribution in [1.82, 2.24) is 4.90 Å². The minimum atomic E-state index is -0.933. The van der Waals surface area contributed by atoms with Gasteiger partial charge in [0, 0.05) is 12.1 Å². The number of hydrogen-bond donors (Lipinski definition) is 2. The number of carbonyl (C=O) groups is 2. The highest BCUT2D eigenvalue weighted by Gasteiger charge is 2.51. The third kappa shape index (κ3) is 2.22. The molecule has 3 rings (SSSR count). The van der Waals surface area contributed by atoms with Gasteiger partial charge in [0.05, 0.1) is 5.92 Å². The molecule has 7 heteroatoms. The van der Waals surface area contributed by atoms with Crippen molar-refractivity contribution in [3.63, 3.8) is 0 Å². The Kier molecular flexibility index (Phi) is 3.27. The van der Waals surface area contributed by atoms with E-state index in [1.54, 1.807) is 0 Å². The van der Waals surface area contributed by atoms with E-state index in [9.17, 15) is 18.4 Å². The van der Waals surface area contributed by atoms with E-state index in [1.807, 2.05) is 0 Å². The molecular weight excluding hydrogens is 282 g/mol. The van der Waals surface area contributed by atoms with Gasteiger partial charge < -0.3 is 15.3 Å². The molecule has 2 aliphatic rings. The fraction of sp³-hybridized carbons (Fsp3) is 0.429. The number of nitrogens with one attached hydrogen (secondary N) is 1. The van der Waals surface area contributed by atoms with Crippen LogP contribution in [0.25, 0.3) is 0 Å². The van der Waals surface area contributed by atoms with Gasteiger partial charge in [-0.1, -0.05) is 6.07 Å². The lowest BCUT2D eigenvalue weighted by Gasteiger charge is -2.23. The summed E-state index contributed by atoms with van der Waals surface area (Å²) in [7, 11) is 0. The molecule has 2 fully saturated rings. The molecule has 3 atom stereocenters. The smallest absolute Gasteiger partial charge is 0.322 e. The van der Waals surface area contributed by atoms with E-state index in [2.05, 4.69) is 5.32 Å². The fourth-order valence-corrected chi connectivity index (χ4v) is 3.36. The number of nitrogens with zero attached hydrogens (tertiary/aromatic N) is 1. The molecule has 0 spiro atoms. The lowest BCUT2D eigenvalue weighted by molar-refractivity contribution is -0.142. The zero-order valence-electron chi connectivity index (χ0n) is 11.1. The molecular formula is C14H14F2N2O3. The van der Waals surface area contributed by atoms with Crippen LogP contribution in [0.4, 0.5) is 19.3 Å². The van der Waals surface area contributed by atoms with Gasteiger partial charge in [0.25, 0.3) is 0 Å². The summed E-state index contributed by atoms with van der Waals surface area (Å²) in [5, 5.41) is 11.4. The van der Waals surface area contributed by atoms with Gasteiger partial charge in [0.2, 0.25) is 0 Å². The number of urea groups is 1. The van der Waals surface area contributed by atoms with Crippen LogP contribution in [-0.2, 0) is 4.79 Å². The first-order valence-corrected chi connectivity index (χ1v) is 6.75. The molecule has 0 aromatic heterocycles. The normalized spacial score (nSPS) is 27.0. The first kappa shape index (κ1) is 13.8. The molecule has 0 saturated carbocycles. The number of amides is 2. The van der Waals surface area contributed by atoms with Crippen LogP contribution in [0.15, 0.2) is 18.2 Å². The number of carboxylic acids is 1. The Morgan fingerprint density at radius 3 is 2.48 bits per heavy atom. The van der Waals surface area contributed by atoms with Gasteiger partial charge in [-0.25, -0.2) is 13.6 Å². The van der Waals surface area contributed by atoms with Crippen LogP contribution in [-0.4, -0.2) is 34.1 Å². The lowest BCUT2D eigenvalue weighted by atomic mass is 9.89. The number of anilines is 1. The van der Waals surface area contributed by atoms with Crippen molar-refractivity contribution < 1.29 is 23.5 Å². The Hall–Kier alpha value is -2.18. The molecule has 21 heavy (non-hydrogen) atoms. The number of aliphatic carboxylic acids is 1. The van der Waals surface area contributed by atoms with Crippen molar-refractivity contribution >= 4 is 17.7 Å². The molecule has 2 N–H and O–H groups in total. The monoisotopic (exact) mass is 296 g/mol. The predicted octanol–water partition coefficient (Wildman–Crippen LogP) is 2.43. The molecule has 112 valence electrons. The van der Waals surface area contributed by atoms with E-state index in [1.165, 1.54) is 11.0 Å². The first-order valence-electron chi connectivity index (χ1n) is 6.75. The maximum Gasteiger partial charge on any atom is 0.322 e. The molecule has 2 aliphatic heterocycles. The summed E-state index contributed by atoms with van der Waals surface area (Å²) in [5.74, 6) is -3.24. The van der Waals surface area contributed by atoms with Gasteiger partial charge in [-0.15, -0.1) is 0 Å². The summed E-state index contributed by atoms with van der Waals surface area (Å²) in [5.41, 5.74) is -0.499. The zero-order chi connectivity index (χ0) is 15.1. The fourth-order valence-electron chi connectivity index (χ4n) is 3.36. The second-order valence-corrected chi connectivity index (χ2v) is 5.41. The molecule has 2 amide bonds. The van der Waals surface area contributed by atoms with Gasteiger partial charge in [-0.2, -0.15) is 0 Å². The van der Waals surface area contributed by atoms with Crippen molar-refractivity contribution in [2.45, 2.75) is 31.3 Å². The number of benzene rings is 1. The summed E-state index contributed by atoms with van der Waals surface area (Å²) >= 11 is 0. The van der Waals surface area contributed by atoms with E-state index >= 15 is 0 Å². The third-order valence-corrected chi connectivity index (χ3v) is 4.28. The Morgan fingerprint density at radius 2 is 1.90 bits per heavy atom. The Morgan fingerprint density at radius 1 is 1.24 bits per heavy atom. The van der Waals surface area contributed by atoms with E-state index in [0.717, 1.165) is 18.6 Å². The summed E-state index contributed by atoms with van der Waals surface area (Å²) in [4.78, 5) is 24.8. The maximum atomic E-state index is 13.5. The Bertz CT molecular complexity index is 588. The largest absolute Gasteiger partial charge is 0.481 e. The van der Waals surface area contributed by atoms with E-state index in [0.29, 0.717) is 12.8 Å². The Labute approximate surface area is 119 Å². The summed E-state index contributed by atoms with van der Waals surface area (Å²) in [6.45, 7) is 0. The average Bonchev–Trinajstić information content (AvgIpc) is 3.00.